The van der Waals surface area contributed by atoms with Crippen molar-refractivity contribution in [3.8, 4) is 5.75 Å². The molecule has 2 fully saturated rings. The van der Waals surface area contributed by atoms with Gasteiger partial charge in [0.05, 0.1) is 12.3 Å². The number of nitrogens with one attached hydrogen (secondary N) is 1. The van der Waals surface area contributed by atoms with Crippen LogP contribution >= 0.6 is 0 Å². The number of nitrogens with zero attached hydrogens (tertiary/aromatic N) is 1. The van der Waals surface area contributed by atoms with Crippen molar-refractivity contribution < 1.29 is 19.0 Å². The third-order valence-corrected chi connectivity index (χ3v) is 5.53. The summed E-state index contributed by atoms with van der Waals surface area (Å²) in [6, 6.07) is 10.8. The van der Waals surface area contributed by atoms with E-state index in [-0.39, 0.29) is 30.9 Å². The summed E-state index contributed by atoms with van der Waals surface area (Å²) in [5.41, 5.74) is 0.879. The number of carbonyl (C=O) groups excluding carboxylic acids is 1. The van der Waals surface area contributed by atoms with Crippen LogP contribution in [0.5, 0.6) is 5.75 Å². The van der Waals surface area contributed by atoms with E-state index in [0.717, 1.165) is 37.7 Å². The zero-order valence-corrected chi connectivity index (χ0v) is 17.5. The summed E-state index contributed by atoms with van der Waals surface area (Å²) >= 11 is 0. The molecule has 4 rings (SSSR count). The van der Waals surface area contributed by atoms with E-state index in [2.05, 4.69) is 5.32 Å². The molecule has 1 unspecified atom stereocenters. The van der Waals surface area contributed by atoms with Gasteiger partial charge in [-0.15, -0.1) is 0 Å². The maximum Gasteiger partial charge on any atom is 0.273 e. The highest BCUT2D eigenvalue weighted by atomic mass is 16.7. The second kappa shape index (κ2) is 9.98. The number of benzene rings is 1. The summed E-state index contributed by atoms with van der Waals surface area (Å²) < 4.78 is 18.3. The van der Waals surface area contributed by atoms with Crippen LogP contribution < -0.4 is 21.3 Å². The second-order valence-corrected chi connectivity index (χ2v) is 8.08. The summed E-state index contributed by atoms with van der Waals surface area (Å²) in [6.45, 7) is 1.44. The highest BCUT2D eigenvalue weighted by Crippen LogP contribution is 2.28. The molecule has 1 aliphatic carbocycles. The fraction of sp³-hybridized carbons (Fsp3) is 0.478. The Morgan fingerprint density at radius 3 is 2.68 bits per heavy atom. The van der Waals surface area contributed by atoms with E-state index >= 15 is 0 Å². The third-order valence-electron chi connectivity index (χ3n) is 5.53. The number of hydrogen-bond acceptors (Lipinski definition) is 6. The molecule has 2 heterocycles. The Labute approximate surface area is 181 Å². The van der Waals surface area contributed by atoms with E-state index in [9.17, 15) is 9.59 Å². The van der Waals surface area contributed by atoms with Gasteiger partial charge in [-0.05, 0) is 43.6 Å². The first kappa shape index (κ1) is 21.4. The fourth-order valence-electron chi connectivity index (χ4n) is 3.51. The first-order valence-corrected chi connectivity index (χ1v) is 10.8. The molecule has 8 nitrogen and oxygen atoms in total. The minimum atomic E-state index is -0.426. The molecule has 0 radical (unpaired) electrons. The van der Waals surface area contributed by atoms with Crippen molar-refractivity contribution in [2.75, 3.05) is 19.0 Å². The Hall–Kier alpha value is -2.84. The van der Waals surface area contributed by atoms with Crippen LogP contribution in [0.1, 0.15) is 53.8 Å². The van der Waals surface area contributed by atoms with Crippen LogP contribution in [-0.2, 0) is 22.7 Å². The van der Waals surface area contributed by atoms with Gasteiger partial charge in [-0.3, -0.25) is 14.3 Å². The number of rotatable bonds is 9. The SMILES string of the molecule is Nn1c(COC2CCCCO2)cc(=O)c(OCc2ccccc2)c1C(=O)NCC1CC1. The number of hydrogen-bond donors (Lipinski definition) is 2. The van der Waals surface area contributed by atoms with Gasteiger partial charge in [-0.2, -0.15) is 0 Å². The predicted molar refractivity (Wildman–Crippen MR) is 115 cm³/mol. The first-order chi connectivity index (χ1) is 15.1. The maximum atomic E-state index is 12.9. The number of ether oxygens (including phenoxy) is 3. The molecule has 1 saturated carbocycles. The zero-order chi connectivity index (χ0) is 21.6. The summed E-state index contributed by atoms with van der Waals surface area (Å²) in [5, 5.41) is 2.88. The van der Waals surface area contributed by atoms with Crippen LogP contribution in [0, 0.1) is 5.92 Å². The molecule has 31 heavy (non-hydrogen) atoms. The Kier molecular flexibility index (Phi) is 6.89. The highest BCUT2D eigenvalue weighted by molar-refractivity contribution is 5.95. The van der Waals surface area contributed by atoms with Crippen molar-refractivity contribution in [1.29, 1.82) is 0 Å². The lowest BCUT2D eigenvalue weighted by atomic mass is 10.2. The number of carbonyl (C=O) groups is 1. The number of nitrogens with two attached hydrogens (primary N) is 1. The Morgan fingerprint density at radius 2 is 1.97 bits per heavy atom. The molecule has 0 bridgehead atoms. The van der Waals surface area contributed by atoms with Crippen molar-refractivity contribution in [2.24, 2.45) is 5.92 Å². The normalized spacial score (nSPS) is 18.5. The van der Waals surface area contributed by atoms with Gasteiger partial charge in [0.2, 0.25) is 5.43 Å². The van der Waals surface area contributed by atoms with Crippen molar-refractivity contribution in [2.45, 2.75) is 51.6 Å². The lowest BCUT2D eigenvalue weighted by Crippen LogP contribution is -2.35. The molecular weight excluding hydrogens is 398 g/mol. The van der Waals surface area contributed by atoms with Crippen LogP contribution in [0.3, 0.4) is 0 Å². The molecule has 166 valence electrons. The minimum Gasteiger partial charge on any atom is -0.482 e. The van der Waals surface area contributed by atoms with Crippen molar-refractivity contribution in [3.05, 3.63) is 63.6 Å². The van der Waals surface area contributed by atoms with E-state index in [1.54, 1.807) is 0 Å². The largest absolute Gasteiger partial charge is 0.482 e. The van der Waals surface area contributed by atoms with Gasteiger partial charge in [-0.1, -0.05) is 30.3 Å². The van der Waals surface area contributed by atoms with E-state index in [1.165, 1.54) is 10.7 Å². The molecule has 1 atom stereocenters. The average molecular weight is 428 g/mol. The molecule has 2 aliphatic rings. The molecule has 1 aromatic carbocycles. The Bertz CT molecular complexity index is 950. The molecule has 0 spiro atoms. The van der Waals surface area contributed by atoms with Gasteiger partial charge >= 0.3 is 0 Å². The Morgan fingerprint density at radius 1 is 1.16 bits per heavy atom. The lowest BCUT2D eigenvalue weighted by Gasteiger charge is -2.24. The molecule has 1 amide bonds. The standard InChI is InChI=1S/C23H29N3O5/c24-26-18(15-30-20-8-4-5-11-29-20)12-19(27)22(31-14-17-6-2-1-3-7-17)21(26)23(28)25-13-16-9-10-16/h1-3,6-7,12,16,20H,4-5,8-11,13-15,24H2,(H,25,28). The van der Waals surface area contributed by atoms with Gasteiger partial charge in [0.1, 0.15) is 6.61 Å². The van der Waals surface area contributed by atoms with Gasteiger partial charge in [0.15, 0.2) is 17.7 Å². The maximum absolute atomic E-state index is 12.9. The summed E-state index contributed by atoms with van der Waals surface area (Å²) in [7, 11) is 0. The molecule has 2 aromatic rings. The topological polar surface area (TPSA) is 105 Å². The smallest absolute Gasteiger partial charge is 0.273 e. The van der Waals surface area contributed by atoms with Crippen LogP contribution in [0.4, 0.5) is 0 Å². The molecule has 1 aliphatic heterocycles. The summed E-state index contributed by atoms with van der Waals surface area (Å²) in [5.74, 6) is 6.28. The van der Waals surface area contributed by atoms with Crippen LogP contribution in [0.2, 0.25) is 0 Å². The molecule has 1 aromatic heterocycles. The number of amides is 1. The predicted octanol–water partition coefficient (Wildman–Crippen LogP) is 2.32. The van der Waals surface area contributed by atoms with Gasteiger partial charge in [-0.25, -0.2) is 0 Å². The molecule has 1 saturated heterocycles. The third kappa shape index (κ3) is 5.65. The molecule has 3 N–H and O–H groups in total. The minimum absolute atomic E-state index is 0.00671. The van der Waals surface area contributed by atoms with Crippen molar-refractivity contribution in [1.82, 2.24) is 9.99 Å². The van der Waals surface area contributed by atoms with Crippen molar-refractivity contribution in [3.63, 3.8) is 0 Å². The van der Waals surface area contributed by atoms with E-state index in [4.69, 9.17) is 20.1 Å². The van der Waals surface area contributed by atoms with Gasteiger partial charge < -0.3 is 25.4 Å². The van der Waals surface area contributed by atoms with E-state index in [1.807, 2.05) is 30.3 Å². The molecular formula is C23H29N3O5. The number of aromatic nitrogens is 1. The van der Waals surface area contributed by atoms with Crippen LogP contribution in [0.25, 0.3) is 0 Å². The van der Waals surface area contributed by atoms with Crippen LogP contribution in [0.15, 0.2) is 41.2 Å². The monoisotopic (exact) mass is 427 g/mol. The number of pyridine rings is 1. The second-order valence-electron chi connectivity index (χ2n) is 8.08. The fourth-order valence-corrected chi connectivity index (χ4v) is 3.51. The average Bonchev–Trinajstić information content (AvgIpc) is 3.62. The van der Waals surface area contributed by atoms with E-state index in [0.29, 0.717) is 24.8 Å². The van der Waals surface area contributed by atoms with E-state index < -0.39 is 11.3 Å². The van der Waals surface area contributed by atoms with Crippen LogP contribution in [-0.4, -0.2) is 30.0 Å². The zero-order valence-electron chi connectivity index (χ0n) is 17.5. The quantitative estimate of drug-likeness (QED) is 0.595. The summed E-state index contributed by atoms with van der Waals surface area (Å²) in [4.78, 5) is 25.8. The Balaban J connectivity index is 1.56. The van der Waals surface area contributed by atoms with Gasteiger partial charge in [0.25, 0.3) is 5.91 Å². The first-order valence-electron chi connectivity index (χ1n) is 10.8. The van der Waals surface area contributed by atoms with Crippen molar-refractivity contribution >= 4 is 5.91 Å². The number of nitrogen functional groups attached to an aromatic ring is 1. The van der Waals surface area contributed by atoms with Gasteiger partial charge in [0, 0.05) is 19.2 Å². The lowest BCUT2D eigenvalue weighted by molar-refractivity contribution is -0.169. The highest BCUT2D eigenvalue weighted by Gasteiger charge is 2.26. The summed E-state index contributed by atoms with van der Waals surface area (Å²) in [6.07, 6.45) is 4.71. The molecule has 8 heteroatoms.